The summed E-state index contributed by atoms with van der Waals surface area (Å²) in [6.45, 7) is 2.10. The smallest absolute Gasteiger partial charge is 0.158 e. The Morgan fingerprint density at radius 3 is 2.68 bits per heavy atom. The van der Waals surface area contributed by atoms with Crippen LogP contribution >= 0.6 is 0 Å². The fraction of sp³-hybridized carbons (Fsp3) is 0.133. The Bertz CT molecular complexity index is 763. The lowest BCUT2D eigenvalue weighted by Gasteiger charge is -2.06. The number of benzene rings is 1. The van der Waals surface area contributed by atoms with E-state index in [2.05, 4.69) is 29.1 Å². The number of aryl methyl sites for hydroxylation is 1. The minimum atomic E-state index is 0.668. The average Bonchev–Trinajstić information content (AvgIpc) is 2.94. The van der Waals surface area contributed by atoms with Gasteiger partial charge in [-0.1, -0.05) is 19.1 Å². The van der Waals surface area contributed by atoms with Gasteiger partial charge in [0.2, 0.25) is 0 Å². The van der Waals surface area contributed by atoms with E-state index in [9.17, 15) is 0 Å². The van der Waals surface area contributed by atoms with Gasteiger partial charge in [-0.25, -0.2) is 9.50 Å². The lowest BCUT2D eigenvalue weighted by Crippen LogP contribution is -1.94. The van der Waals surface area contributed by atoms with Crippen molar-refractivity contribution in [2.45, 2.75) is 13.3 Å². The maximum absolute atomic E-state index is 8.82. The number of fused-ring (bicyclic) bond motifs is 1. The van der Waals surface area contributed by atoms with Crippen LogP contribution in [0.2, 0.25) is 0 Å². The van der Waals surface area contributed by atoms with E-state index in [1.807, 2.05) is 30.5 Å². The number of hydrogen-bond acceptors (Lipinski definition) is 3. The summed E-state index contributed by atoms with van der Waals surface area (Å²) in [6, 6.07) is 11.8. The van der Waals surface area contributed by atoms with Crippen molar-refractivity contribution >= 4 is 5.65 Å². The van der Waals surface area contributed by atoms with Crippen LogP contribution in [0.15, 0.2) is 42.9 Å². The molecule has 0 spiro atoms. The van der Waals surface area contributed by atoms with Crippen LogP contribution in [-0.4, -0.2) is 14.6 Å². The molecule has 0 amide bonds. The molecule has 0 aliphatic heterocycles. The van der Waals surface area contributed by atoms with Gasteiger partial charge in [0.15, 0.2) is 5.65 Å². The highest BCUT2D eigenvalue weighted by Crippen LogP contribution is 2.22. The molecule has 0 fully saturated rings. The van der Waals surface area contributed by atoms with Gasteiger partial charge < -0.3 is 0 Å². The molecular weight excluding hydrogens is 236 g/mol. The van der Waals surface area contributed by atoms with Crippen LogP contribution in [0, 0.1) is 11.3 Å². The Hall–Kier alpha value is -2.67. The van der Waals surface area contributed by atoms with Crippen LogP contribution in [0.4, 0.5) is 0 Å². The van der Waals surface area contributed by atoms with Crippen molar-refractivity contribution in [3.8, 4) is 17.2 Å². The SMILES string of the molecule is CCc1cc(-c2ccc(C#N)cc2)cn2ncnc12. The van der Waals surface area contributed by atoms with E-state index in [0.29, 0.717) is 5.56 Å². The van der Waals surface area contributed by atoms with Gasteiger partial charge >= 0.3 is 0 Å². The number of rotatable bonds is 2. The summed E-state index contributed by atoms with van der Waals surface area (Å²) in [5.74, 6) is 0. The molecule has 19 heavy (non-hydrogen) atoms. The first-order chi connectivity index (χ1) is 9.31. The number of nitrogens with zero attached hydrogens (tertiary/aromatic N) is 4. The van der Waals surface area contributed by atoms with E-state index >= 15 is 0 Å². The minimum absolute atomic E-state index is 0.668. The Kier molecular flexibility index (Phi) is 2.73. The second-order valence-corrected chi connectivity index (χ2v) is 4.32. The number of nitriles is 1. The molecule has 0 saturated heterocycles. The van der Waals surface area contributed by atoms with E-state index in [0.717, 1.165) is 23.2 Å². The molecule has 2 heterocycles. The third kappa shape index (κ3) is 1.95. The van der Waals surface area contributed by atoms with Gasteiger partial charge in [0.05, 0.1) is 11.6 Å². The first-order valence-corrected chi connectivity index (χ1v) is 6.14. The maximum Gasteiger partial charge on any atom is 0.158 e. The van der Waals surface area contributed by atoms with Gasteiger partial charge in [0.25, 0.3) is 0 Å². The summed E-state index contributed by atoms with van der Waals surface area (Å²) < 4.78 is 1.80. The molecule has 3 rings (SSSR count). The molecule has 92 valence electrons. The summed E-state index contributed by atoms with van der Waals surface area (Å²) in [4.78, 5) is 4.26. The monoisotopic (exact) mass is 248 g/mol. The van der Waals surface area contributed by atoms with Gasteiger partial charge in [-0.2, -0.15) is 10.4 Å². The van der Waals surface area contributed by atoms with Crippen LogP contribution in [0.3, 0.4) is 0 Å². The van der Waals surface area contributed by atoms with E-state index in [1.165, 1.54) is 5.56 Å². The van der Waals surface area contributed by atoms with Crippen molar-refractivity contribution in [3.05, 3.63) is 54.0 Å². The molecule has 1 aromatic carbocycles. The molecule has 0 radical (unpaired) electrons. The zero-order chi connectivity index (χ0) is 13.2. The van der Waals surface area contributed by atoms with E-state index in [-0.39, 0.29) is 0 Å². The van der Waals surface area contributed by atoms with Crippen molar-refractivity contribution in [2.24, 2.45) is 0 Å². The van der Waals surface area contributed by atoms with Crippen molar-refractivity contribution < 1.29 is 0 Å². The topological polar surface area (TPSA) is 54.0 Å². The van der Waals surface area contributed by atoms with Crippen molar-refractivity contribution in [3.63, 3.8) is 0 Å². The standard InChI is InChI=1S/C15H12N4/c1-2-12-7-14(9-19-15(12)17-10-18-19)13-5-3-11(8-16)4-6-13/h3-7,9-10H,2H2,1H3. The first-order valence-electron chi connectivity index (χ1n) is 6.14. The van der Waals surface area contributed by atoms with Crippen LogP contribution in [0.5, 0.6) is 0 Å². The van der Waals surface area contributed by atoms with Gasteiger partial charge in [-0.3, -0.25) is 0 Å². The summed E-state index contributed by atoms with van der Waals surface area (Å²) >= 11 is 0. The van der Waals surface area contributed by atoms with Crippen LogP contribution < -0.4 is 0 Å². The van der Waals surface area contributed by atoms with Crippen molar-refractivity contribution in [1.82, 2.24) is 14.6 Å². The average molecular weight is 248 g/mol. The molecule has 4 heteroatoms. The molecule has 0 aliphatic rings. The number of pyridine rings is 1. The van der Waals surface area contributed by atoms with Crippen molar-refractivity contribution in [1.29, 1.82) is 5.26 Å². The summed E-state index contributed by atoms with van der Waals surface area (Å²) in [5.41, 5.74) is 4.89. The van der Waals surface area contributed by atoms with Gasteiger partial charge in [0.1, 0.15) is 6.33 Å². The lowest BCUT2D eigenvalue weighted by molar-refractivity contribution is 0.948. The van der Waals surface area contributed by atoms with E-state index in [1.54, 1.807) is 10.8 Å². The van der Waals surface area contributed by atoms with Crippen molar-refractivity contribution in [2.75, 3.05) is 0 Å². The molecule has 0 N–H and O–H groups in total. The van der Waals surface area contributed by atoms with Gasteiger partial charge in [0, 0.05) is 11.8 Å². The zero-order valence-corrected chi connectivity index (χ0v) is 10.5. The van der Waals surface area contributed by atoms with Gasteiger partial charge in [-0.05, 0) is 35.7 Å². The Morgan fingerprint density at radius 2 is 2.00 bits per heavy atom. The molecule has 0 aliphatic carbocycles. The molecule has 0 atom stereocenters. The van der Waals surface area contributed by atoms with E-state index in [4.69, 9.17) is 5.26 Å². The van der Waals surface area contributed by atoms with Crippen LogP contribution in [0.1, 0.15) is 18.1 Å². The number of hydrogen-bond donors (Lipinski definition) is 0. The summed E-state index contributed by atoms with van der Waals surface area (Å²) in [6.07, 6.45) is 4.44. The third-order valence-corrected chi connectivity index (χ3v) is 3.18. The minimum Gasteiger partial charge on any atom is -0.220 e. The number of aromatic nitrogens is 3. The van der Waals surface area contributed by atoms with Crippen LogP contribution in [-0.2, 0) is 6.42 Å². The first kappa shape index (κ1) is 11.4. The normalized spacial score (nSPS) is 10.5. The van der Waals surface area contributed by atoms with Crippen LogP contribution in [0.25, 0.3) is 16.8 Å². The Labute approximate surface area is 111 Å². The second-order valence-electron chi connectivity index (χ2n) is 4.32. The molecule has 4 nitrogen and oxygen atoms in total. The summed E-state index contributed by atoms with van der Waals surface area (Å²) in [5, 5.41) is 13.0. The molecule has 0 bridgehead atoms. The largest absolute Gasteiger partial charge is 0.220 e. The molecule has 3 aromatic rings. The molecule has 0 saturated carbocycles. The third-order valence-electron chi connectivity index (χ3n) is 3.18. The fourth-order valence-corrected chi connectivity index (χ4v) is 2.15. The quantitative estimate of drug-likeness (QED) is 0.700. The Morgan fingerprint density at radius 1 is 1.21 bits per heavy atom. The Balaban J connectivity index is 2.16. The highest BCUT2D eigenvalue weighted by atomic mass is 15.3. The highest BCUT2D eigenvalue weighted by Gasteiger charge is 2.06. The fourth-order valence-electron chi connectivity index (χ4n) is 2.15. The predicted octanol–water partition coefficient (Wildman–Crippen LogP) is 2.83. The summed E-state index contributed by atoms with van der Waals surface area (Å²) in [7, 11) is 0. The zero-order valence-electron chi connectivity index (χ0n) is 10.5. The molecular formula is C15H12N4. The molecule has 2 aromatic heterocycles. The van der Waals surface area contributed by atoms with E-state index < -0.39 is 0 Å². The second kappa shape index (κ2) is 4.54. The lowest BCUT2D eigenvalue weighted by atomic mass is 10.0. The predicted molar refractivity (Wildman–Crippen MR) is 72.5 cm³/mol. The maximum atomic E-state index is 8.82. The molecule has 0 unspecified atom stereocenters. The van der Waals surface area contributed by atoms with Gasteiger partial charge in [-0.15, -0.1) is 0 Å². The highest BCUT2D eigenvalue weighted by molar-refractivity contribution is 5.67.